The summed E-state index contributed by atoms with van der Waals surface area (Å²) in [5, 5.41) is 0.590. The summed E-state index contributed by atoms with van der Waals surface area (Å²) in [6.45, 7) is 9.55. The molecule has 32 heavy (non-hydrogen) atoms. The molecule has 0 N–H and O–H groups in total. The molecule has 0 unspecified atom stereocenters. The number of hydrogen-bond donors (Lipinski definition) is 0. The third-order valence-electron chi connectivity index (χ3n) is 4.84. The van der Waals surface area contributed by atoms with Gasteiger partial charge in [0.15, 0.2) is 6.04 Å². The van der Waals surface area contributed by atoms with Gasteiger partial charge in [-0.3, -0.25) is 4.99 Å². The van der Waals surface area contributed by atoms with Crippen LogP contribution in [-0.2, 0) is 9.53 Å². The van der Waals surface area contributed by atoms with E-state index in [1.54, 1.807) is 12.1 Å². The number of nitrogens with zero attached hydrogens (tertiary/aromatic N) is 1. The molecule has 0 aliphatic rings. The van der Waals surface area contributed by atoms with Crippen molar-refractivity contribution in [3.63, 3.8) is 0 Å². The van der Waals surface area contributed by atoms with E-state index in [1.165, 1.54) is 0 Å². The zero-order chi connectivity index (χ0) is 23.1. The summed E-state index contributed by atoms with van der Waals surface area (Å²) in [4.78, 5) is 18.4. The first-order chi connectivity index (χ1) is 15.3. The van der Waals surface area contributed by atoms with Crippen molar-refractivity contribution in [2.45, 2.75) is 38.3 Å². The molecule has 0 aromatic heterocycles. The lowest BCUT2D eigenvalue weighted by atomic mass is 9.90. The molecule has 0 saturated heterocycles. The molecule has 2 atom stereocenters. The summed E-state index contributed by atoms with van der Waals surface area (Å²) < 4.78 is 5.78. The molecular weight excluding hydrogens is 418 g/mol. The second-order valence-electron chi connectivity index (χ2n) is 8.50. The first kappa shape index (κ1) is 23.5. The summed E-state index contributed by atoms with van der Waals surface area (Å²) in [6, 6.07) is 26.3. The number of aliphatic imine (C=N–C) groups is 1. The topological polar surface area (TPSA) is 38.7 Å². The summed E-state index contributed by atoms with van der Waals surface area (Å²) in [6.07, 6.45) is 1.73. The van der Waals surface area contributed by atoms with Crippen molar-refractivity contribution in [2.75, 3.05) is 0 Å². The number of halogens is 1. The third kappa shape index (κ3) is 6.18. The molecular formula is C28H28ClNO2. The minimum absolute atomic E-state index is 0.410. The highest BCUT2D eigenvalue weighted by Crippen LogP contribution is 2.29. The van der Waals surface area contributed by atoms with Gasteiger partial charge in [-0.05, 0) is 38.5 Å². The van der Waals surface area contributed by atoms with Gasteiger partial charge in [-0.2, -0.15) is 0 Å². The minimum atomic E-state index is -0.833. The molecule has 3 rings (SSSR count). The molecule has 0 saturated carbocycles. The predicted octanol–water partition coefficient (Wildman–Crippen LogP) is 6.86. The van der Waals surface area contributed by atoms with Crippen LogP contribution >= 0.6 is 11.6 Å². The van der Waals surface area contributed by atoms with Crippen LogP contribution in [0.15, 0.2) is 103 Å². The van der Waals surface area contributed by atoms with Crippen LogP contribution in [0.25, 0.3) is 0 Å². The summed E-state index contributed by atoms with van der Waals surface area (Å²) in [5.74, 6) is -0.822. The van der Waals surface area contributed by atoms with E-state index in [2.05, 4.69) is 6.58 Å². The van der Waals surface area contributed by atoms with E-state index in [-0.39, 0.29) is 0 Å². The van der Waals surface area contributed by atoms with Crippen LogP contribution in [0.1, 0.15) is 43.4 Å². The van der Waals surface area contributed by atoms with Gasteiger partial charge in [-0.15, -0.1) is 6.58 Å². The van der Waals surface area contributed by atoms with E-state index < -0.39 is 23.5 Å². The molecule has 0 radical (unpaired) electrons. The van der Waals surface area contributed by atoms with Crippen LogP contribution < -0.4 is 0 Å². The monoisotopic (exact) mass is 445 g/mol. The molecule has 164 valence electrons. The normalized spacial score (nSPS) is 13.0. The Morgan fingerprint density at radius 3 is 1.97 bits per heavy atom. The van der Waals surface area contributed by atoms with Crippen molar-refractivity contribution < 1.29 is 9.53 Å². The number of esters is 1. The van der Waals surface area contributed by atoms with Crippen LogP contribution in [0, 0.1) is 0 Å². The van der Waals surface area contributed by atoms with Gasteiger partial charge in [0.25, 0.3) is 0 Å². The van der Waals surface area contributed by atoms with E-state index in [4.69, 9.17) is 21.3 Å². The van der Waals surface area contributed by atoms with Crippen LogP contribution in [-0.4, -0.2) is 23.3 Å². The maximum atomic E-state index is 13.4. The SMILES string of the molecule is C=C[C@@H](c1cccc(Cl)c1)[C@@H](N=C(c1ccccc1)c1ccccc1)C(=O)OC(C)(C)C. The van der Waals surface area contributed by atoms with Crippen molar-refractivity contribution >= 4 is 23.3 Å². The summed E-state index contributed by atoms with van der Waals surface area (Å²) in [7, 11) is 0. The van der Waals surface area contributed by atoms with Gasteiger partial charge in [0.2, 0.25) is 0 Å². The van der Waals surface area contributed by atoms with E-state index >= 15 is 0 Å². The molecule has 3 aromatic carbocycles. The molecule has 0 aliphatic carbocycles. The fraction of sp³-hybridized carbons (Fsp3) is 0.214. The first-order valence-corrected chi connectivity index (χ1v) is 11.0. The lowest BCUT2D eigenvalue weighted by Gasteiger charge is -2.27. The highest BCUT2D eigenvalue weighted by molar-refractivity contribution is 6.30. The number of rotatable bonds is 7. The number of ether oxygens (including phenoxy) is 1. The summed E-state index contributed by atoms with van der Waals surface area (Å²) >= 11 is 6.25. The van der Waals surface area contributed by atoms with Gasteiger partial charge in [-0.1, -0.05) is 90.5 Å². The van der Waals surface area contributed by atoms with Crippen LogP contribution in [0.3, 0.4) is 0 Å². The Labute approximate surface area is 195 Å². The average molecular weight is 446 g/mol. The van der Waals surface area contributed by atoms with E-state index in [1.807, 2.05) is 99.6 Å². The van der Waals surface area contributed by atoms with Gasteiger partial charge < -0.3 is 4.74 Å². The molecule has 3 nitrogen and oxygen atoms in total. The summed E-state index contributed by atoms with van der Waals surface area (Å²) in [5.41, 5.74) is 2.76. The van der Waals surface area contributed by atoms with Gasteiger partial charge in [0, 0.05) is 22.1 Å². The number of hydrogen-bond acceptors (Lipinski definition) is 3. The fourth-order valence-electron chi connectivity index (χ4n) is 3.45. The molecule has 0 spiro atoms. The molecule has 3 aromatic rings. The van der Waals surface area contributed by atoms with E-state index in [0.29, 0.717) is 5.02 Å². The van der Waals surface area contributed by atoms with Crippen molar-refractivity contribution in [3.05, 3.63) is 119 Å². The Morgan fingerprint density at radius 2 is 1.50 bits per heavy atom. The minimum Gasteiger partial charge on any atom is -0.458 e. The highest BCUT2D eigenvalue weighted by atomic mass is 35.5. The second kappa shape index (κ2) is 10.4. The zero-order valence-electron chi connectivity index (χ0n) is 18.7. The molecule has 0 fully saturated rings. The van der Waals surface area contributed by atoms with Crippen molar-refractivity contribution in [1.29, 1.82) is 0 Å². The van der Waals surface area contributed by atoms with Crippen molar-refractivity contribution in [2.24, 2.45) is 4.99 Å². The highest BCUT2D eigenvalue weighted by Gasteiger charge is 2.32. The Kier molecular flexibility index (Phi) is 7.66. The Bertz CT molecular complexity index is 1040. The van der Waals surface area contributed by atoms with Gasteiger partial charge in [-0.25, -0.2) is 4.79 Å². The maximum Gasteiger partial charge on any atom is 0.332 e. The number of benzene rings is 3. The number of carbonyl (C=O) groups excluding carboxylic acids is 1. The quantitative estimate of drug-likeness (QED) is 0.226. The van der Waals surface area contributed by atoms with Gasteiger partial charge >= 0.3 is 5.97 Å². The fourth-order valence-corrected chi connectivity index (χ4v) is 3.65. The van der Waals surface area contributed by atoms with E-state index in [9.17, 15) is 4.79 Å². The standard InChI is InChI=1S/C28H28ClNO2/c1-5-24(22-17-12-18-23(29)19-22)26(27(31)32-28(2,3)4)30-25(20-13-8-6-9-14-20)21-15-10-7-11-16-21/h5-19,24,26H,1H2,2-4H3/t24-,26+/m0/s1. The molecule has 0 amide bonds. The van der Waals surface area contributed by atoms with Gasteiger partial charge in [0.1, 0.15) is 5.60 Å². The Balaban J connectivity index is 2.18. The maximum absolute atomic E-state index is 13.4. The lowest BCUT2D eigenvalue weighted by molar-refractivity contribution is -0.156. The first-order valence-electron chi connectivity index (χ1n) is 10.6. The van der Waals surface area contributed by atoms with Crippen molar-refractivity contribution in [3.8, 4) is 0 Å². The lowest BCUT2D eigenvalue weighted by Crippen LogP contribution is -2.35. The smallest absolute Gasteiger partial charge is 0.332 e. The number of carbonyl (C=O) groups is 1. The Hall–Kier alpha value is -3.17. The molecule has 0 bridgehead atoms. The zero-order valence-corrected chi connectivity index (χ0v) is 19.4. The third-order valence-corrected chi connectivity index (χ3v) is 5.07. The van der Waals surface area contributed by atoms with Gasteiger partial charge in [0.05, 0.1) is 5.71 Å². The predicted molar refractivity (Wildman–Crippen MR) is 133 cm³/mol. The molecule has 4 heteroatoms. The second-order valence-corrected chi connectivity index (χ2v) is 8.94. The Morgan fingerprint density at radius 1 is 0.938 bits per heavy atom. The largest absolute Gasteiger partial charge is 0.458 e. The molecule has 0 heterocycles. The van der Waals surface area contributed by atoms with Crippen LogP contribution in [0.4, 0.5) is 0 Å². The van der Waals surface area contributed by atoms with Crippen LogP contribution in [0.5, 0.6) is 0 Å². The van der Waals surface area contributed by atoms with E-state index in [0.717, 1.165) is 22.4 Å². The average Bonchev–Trinajstić information content (AvgIpc) is 2.76. The molecule has 0 aliphatic heterocycles. The van der Waals surface area contributed by atoms with Crippen molar-refractivity contribution in [1.82, 2.24) is 0 Å². The van der Waals surface area contributed by atoms with Crippen LogP contribution in [0.2, 0.25) is 5.02 Å².